The molecule has 0 heterocycles. The van der Waals surface area contributed by atoms with Crippen LogP contribution in [0.15, 0.2) is 54.2 Å². The quantitative estimate of drug-likeness (QED) is 0.529. The van der Waals surface area contributed by atoms with Crippen molar-refractivity contribution in [3.63, 3.8) is 0 Å². The average Bonchev–Trinajstić information content (AvgIpc) is 2.58. The Morgan fingerprint density at radius 3 is 2.42 bits per heavy atom. The van der Waals surface area contributed by atoms with Crippen molar-refractivity contribution in [3.8, 4) is 6.07 Å². The minimum Gasteiger partial charge on any atom is -0.360 e. The van der Waals surface area contributed by atoms with Gasteiger partial charge in [0.15, 0.2) is 0 Å². The van der Waals surface area contributed by atoms with E-state index in [1.807, 2.05) is 0 Å². The molecule has 0 saturated heterocycles. The first-order valence-electron chi connectivity index (χ1n) is 7.02. The normalized spacial score (nSPS) is 11.6. The van der Waals surface area contributed by atoms with Crippen molar-refractivity contribution in [1.82, 2.24) is 0 Å². The van der Waals surface area contributed by atoms with Crippen LogP contribution in [-0.4, -0.2) is 5.91 Å². The van der Waals surface area contributed by atoms with Crippen LogP contribution in [0.5, 0.6) is 0 Å². The molecule has 4 nitrogen and oxygen atoms in total. The highest BCUT2D eigenvalue weighted by Crippen LogP contribution is 2.34. The van der Waals surface area contributed by atoms with E-state index in [-0.39, 0.29) is 5.02 Å². The third-order valence-corrected chi connectivity index (χ3v) is 3.89. The predicted molar refractivity (Wildman–Crippen MR) is 93.9 cm³/mol. The van der Waals surface area contributed by atoms with Crippen LogP contribution < -0.4 is 10.6 Å². The van der Waals surface area contributed by atoms with Crippen LogP contribution in [0.25, 0.3) is 0 Å². The zero-order valence-electron chi connectivity index (χ0n) is 12.9. The van der Waals surface area contributed by atoms with Crippen LogP contribution in [0.3, 0.4) is 0 Å². The van der Waals surface area contributed by atoms with Gasteiger partial charge in [0.1, 0.15) is 11.6 Å². The molecule has 1 amide bonds. The lowest BCUT2D eigenvalue weighted by molar-refractivity contribution is -0.137. The van der Waals surface area contributed by atoms with Crippen molar-refractivity contribution in [1.29, 1.82) is 5.26 Å². The molecule has 0 fully saturated rings. The Bertz CT molecular complexity index is 905. The molecule has 9 heteroatoms. The maximum Gasteiger partial charge on any atom is 0.418 e. The number of hydrogen-bond donors (Lipinski definition) is 2. The number of carbonyl (C=O) groups excluding carboxylic acids is 1. The molecule has 0 aliphatic heterocycles. The van der Waals surface area contributed by atoms with Crippen LogP contribution in [0.4, 0.5) is 24.5 Å². The molecule has 134 valence electrons. The molecule has 0 unspecified atom stereocenters. The van der Waals surface area contributed by atoms with E-state index in [0.29, 0.717) is 10.7 Å². The van der Waals surface area contributed by atoms with Gasteiger partial charge in [0, 0.05) is 11.9 Å². The van der Waals surface area contributed by atoms with Gasteiger partial charge < -0.3 is 10.6 Å². The number of rotatable bonds is 4. The van der Waals surface area contributed by atoms with Crippen molar-refractivity contribution in [2.75, 3.05) is 10.6 Å². The summed E-state index contributed by atoms with van der Waals surface area (Å²) in [5, 5.41) is 14.4. The molecule has 2 N–H and O–H groups in total. The molecule has 0 aromatic heterocycles. The lowest BCUT2D eigenvalue weighted by Crippen LogP contribution is -2.18. The first-order valence-corrected chi connectivity index (χ1v) is 7.77. The van der Waals surface area contributed by atoms with E-state index in [1.165, 1.54) is 24.3 Å². The van der Waals surface area contributed by atoms with Gasteiger partial charge in [-0.2, -0.15) is 18.4 Å². The number of para-hydroxylation sites is 1. The van der Waals surface area contributed by atoms with E-state index in [0.717, 1.165) is 18.3 Å². The molecule has 26 heavy (non-hydrogen) atoms. The molecule has 2 aromatic rings. The summed E-state index contributed by atoms with van der Waals surface area (Å²) >= 11 is 11.6. The second-order valence-electron chi connectivity index (χ2n) is 4.94. The largest absolute Gasteiger partial charge is 0.418 e. The molecule has 2 rings (SSSR count). The third kappa shape index (κ3) is 4.91. The molecular formula is C17H10Cl2F3N3O. The fraction of sp³-hybridized carbons (Fsp3) is 0.0588. The first-order chi connectivity index (χ1) is 12.2. The monoisotopic (exact) mass is 399 g/mol. The highest BCUT2D eigenvalue weighted by molar-refractivity contribution is 6.42. The van der Waals surface area contributed by atoms with Gasteiger partial charge in [0.05, 0.1) is 21.3 Å². The Morgan fingerprint density at radius 2 is 1.81 bits per heavy atom. The number of nitrogens with one attached hydrogen (secondary N) is 2. The van der Waals surface area contributed by atoms with Crippen LogP contribution in [-0.2, 0) is 11.0 Å². The highest BCUT2D eigenvalue weighted by atomic mass is 35.5. The summed E-state index contributed by atoms with van der Waals surface area (Å²) in [6.45, 7) is 0. The van der Waals surface area contributed by atoms with Gasteiger partial charge in [-0.15, -0.1) is 0 Å². The zero-order chi connectivity index (χ0) is 19.3. The van der Waals surface area contributed by atoms with Crippen molar-refractivity contribution in [2.45, 2.75) is 6.18 Å². The fourth-order valence-electron chi connectivity index (χ4n) is 1.92. The number of carbonyl (C=O) groups is 1. The number of amides is 1. The summed E-state index contributed by atoms with van der Waals surface area (Å²) in [6, 6.07) is 10.6. The second kappa shape index (κ2) is 8.13. The van der Waals surface area contributed by atoms with E-state index in [1.54, 1.807) is 12.1 Å². The molecule has 0 spiro atoms. The molecule has 0 aliphatic rings. The van der Waals surface area contributed by atoms with Gasteiger partial charge >= 0.3 is 6.18 Å². The SMILES string of the molecule is N#C/C(=C/Nc1ccc(Cl)c(Cl)c1)C(=O)Nc1ccccc1C(F)(F)F. The molecule has 0 aliphatic carbocycles. The fourth-order valence-corrected chi connectivity index (χ4v) is 2.22. The number of halogens is 5. The Hall–Kier alpha value is -2.69. The van der Waals surface area contributed by atoms with Gasteiger partial charge in [-0.1, -0.05) is 35.3 Å². The molecule has 0 radical (unpaired) electrons. The van der Waals surface area contributed by atoms with Gasteiger partial charge in [-0.25, -0.2) is 0 Å². The summed E-state index contributed by atoms with van der Waals surface area (Å²) in [4.78, 5) is 12.1. The molecule has 2 aromatic carbocycles. The van der Waals surface area contributed by atoms with Crippen LogP contribution in [0.1, 0.15) is 5.56 Å². The lowest BCUT2D eigenvalue weighted by Gasteiger charge is -2.13. The minimum absolute atomic E-state index is 0.257. The number of nitriles is 1. The van der Waals surface area contributed by atoms with E-state index < -0.39 is 28.9 Å². The zero-order valence-corrected chi connectivity index (χ0v) is 14.4. The summed E-state index contributed by atoms with van der Waals surface area (Å²) in [5.41, 5.74) is -1.44. The summed E-state index contributed by atoms with van der Waals surface area (Å²) in [5.74, 6) is -0.989. The molecule has 0 atom stereocenters. The highest BCUT2D eigenvalue weighted by Gasteiger charge is 2.33. The van der Waals surface area contributed by atoms with Gasteiger partial charge in [-0.05, 0) is 30.3 Å². The third-order valence-electron chi connectivity index (χ3n) is 3.15. The summed E-state index contributed by atoms with van der Waals surface area (Å²) in [6.07, 6.45) is -3.58. The van der Waals surface area contributed by atoms with Crippen LogP contribution in [0.2, 0.25) is 10.0 Å². The smallest absolute Gasteiger partial charge is 0.360 e. The van der Waals surface area contributed by atoms with E-state index in [2.05, 4.69) is 10.6 Å². The van der Waals surface area contributed by atoms with Crippen molar-refractivity contribution in [2.24, 2.45) is 0 Å². The Balaban J connectivity index is 2.19. The standard InChI is InChI=1S/C17H10Cl2F3N3O/c18-13-6-5-11(7-14(13)19)24-9-10(8-23)16(26)25-15-4-2-1-3-12(15)17(20,21)22/h1-7,9,24H,(H,25,26)/b10-9-. The van der Waals surface area contributed by atoms with Crippen LogP contribution in [0, 0.1) is 11.3 Å². The van der Waals surface area contributed by atoms with Crippen LogP contribution >= 0.6 is 23.2 Å². The van der Waals surface area contributed by atoms with Crippen molar-refractivity contribution in [3.05, 3.63) is 69.8 Å². The summed E-state index contributed by atoms with van der Waals surface area (Å²) in [7, 11) is 0. The van der Waals surface area contributed by atoms with E-state index in [9.17, 15) is 18.0 Å². The number of benzene rings is 2. The maximum absolute atomic E-state index is 13.0. The lowest BCUT2D eigenvalue weighted by atomic mass is 10.1. The Kier molecular flexibility index (Phi) is 6.14. The van der Waals surface area contributed by atoms with Gasteiger partial charge in [0.2, 0.25) is 0 Å². The maximum atomic E-state index is 13.0. The molecule has 0 bridgehead atoms. The van der Waals surface area contributed by atoms with Crippen molar-refractivity contribution >= 4 is 40.5 Å². The number of alkyl halides is 3. The molecule has 0 saturated carbocycles. The Labute approximate surface area is 156 Å². The first kappa shape index (κ1) is 19.6. The number of hydrogen-bond acceptors (Lipinski definition) is 3. The topological polar surface area (TPSA) is 64.9 Å². The molecular weight excluding hydrogens is 390 g/mol. The predicted octanol–water partition coefficient (Wildman–Crippen LogP) is 5.47. The second-order valence-corrected chi connectivity index (χ2v) is 5.75. The van der Waals surface area contributed by atoms with Crippen molar-refractivity contribution < 1.29 is 18.0 Å². The van der Waals surface area contributed by atoms with Gasteiger partial charge in [-0.3, -0.25) is 4.79 Å². The summed E-state index contributed by atoms with van der Waals surface area (Å²) < 4.78 is 38.9. The van der Waals surface area contributed by atoms with E-state index >= 15 is 0 Å². The van der Waals surface area contributed by atoms with Gasteiger partial charge in [0.25, 0.3) is 5.91 Å². The van der Waals surface area contributed by atoms with E-state index in [4.69, 9.17) is 28.5 Å². The number of anilines is 2. The minimum atomic E-state index is -4.64. The number of nitrogens with zero attached hydrogens (tertiary/aromatic N) is 1. The average molecular weight is 400 g/mol. The Morgan fingerprint density at radius 1 is 1.12 bits per heavy atom.